The molecule has 2 atom stereocenters. The van der Waals surface area contributed by atoms with Crippen LogP contribution in [0, 0.1) is 0 Å². The second kappa shape index (κ2) is 14.5. The average molecular weight is 611 g/mol. The van der Waals surface area contributed by atoms with Gasteiger partial charge in [0, 0.05) is 36.0 Å². The lowest BCUT2D eigenvalue weighted by molar-refractivity contribution is -0.150. The molecule has 0 saturated heterocycles. The van der Waals surface area contributed by atoms with Crippen molar-refractivity contribution in [3.05, 3.63) is 108 Å². The molecule has 0 saturated carbocycles. The maximum Gasteiger partial charge on any atom is 0.408 e. The van der Waals surface area contributed by atoms with E-state index in [4.69, 9.17) is 10.5 Å². The molecule has 0 aliphatic heterocycles. The van der Waals surface area contributed by atoms with E-state index in [9.17, 15) is 24.3 Å². The summed E-state index contributed by atoms with van der Waals surface area (Å²) < 4.78 is 5.47. The molecule has 0 fully saturated rings. The van der Waals surface area contributed by atoms with Gasteiger partial charge in [0.15, 0.2) is 5.78 Å². The first kappa shape index (κ1) is 32.7. The number of rotatable bonds is 11. The van der Waals surface area contributed by atoms with Crippen molar-refractivity contribution in [1.82, 2.24) is 15.2 Å². The maximum absolute atomic E-state index is 14.5. The van der Waals surface area contributed by atoms with E-state index in [2.05, 4.69) is 10.3 Å². The molecule has 10 heteroatoms. The smallest absolute Gasteiger partial charge is 0.408 e. The molecule has 0 aliphatic rings. The topological polar surface area (TPSA) is 155 Å². The number of benzene rings is 3. The number of fused-ring (bicyclic) bond motifs is 1. The van der Waals surface area contributed by atoms with Gasteiger partial charge in [0.25, 0.3) is 11.8 Å². The number of aromatic amines is 1. The second-order valence-corrected chi connectivity index (χ2v) is 11.6. The first-order chi connectivity index (χ1) is 21.4. The molecular formula is C35H38N4O6. The number of amides is 3. The zero-order chi connectivity index (χ0) is 32.6. The fourth-order valence-corrected chi connectivity index (χ4v) is 4.91. The third-order valence-corrected chi connectivity index (χ3v) is 7.03. The number of H-pyrrole nitrogens is 1. The molecule has 0 unspecified atom stereocenters. The number of phenolic OH excluding ortho intramolecular Hbond substituents is 1. The predicted molar refractivity (Wildman–Crippen MR) is 172 cm³/mol. The van der Waals surface area contributed by atoms with Crippen molar-refractivity contribution in [2.45, 2.75) is 51.3 Å². The van der Waals surface area contributed by atoms with Gasteiger partial charge >= 0.3 is 6.09 Å². The van der Waals surface area contributed by atoms with Crippen LogP contribution in [-0.2, 0) is 32.0 Å². The Morgan fingerprint density at radius 1 is 0.956 bits per heavy atom. The van der Waals surface area contributed by atoms with E-state index in [0.717, 1.165) is 21.4 Å². The van der Waals surface area contributed by atoms with Crippen LogP contribution in [0.4, 0.5) is 4.79 Å². The Bertz CT molecular complexity index is 1670. The summed E-state index contributed by atoms with van der Waals surface area (Å²) in [6.07, 6.45) is 3.58. The molecule has 4 aromatic rings. The summed E-state index contributed by atoms with van der Waals surface area (Å²) in [5, 5.41) is 13.1. The summed E-state index contributed by atoms with van der Waals surface area (Å²) in [6, 6.07) is 20.1. The molecule has 1 heterocycles. The lowest BCUT2D eigenvalue weighted by Gasteiger charge is -2.32. The van der Waals surface area contributed by atoms with Crippen LogP contribution in [0.25, 0.3) is 17.0 Å². The van der Waals surface area contributed by atoms with Gasteiger partial charge in [-0.1, -0.05) is 60.7 Å². The molecule has 3 amide bonds. The van der Waals surface area contributed by atoms with Crippen molar-refractivity contribution >= 4 is 40.7 Å². The Morgan fingerprint density at radius 2 is 1.62 bits per heavy atom. The lowest BCUT2D eigenvalue weighted by atomic mass is 9.97. The Kier molecular flexibility index (Phi) is 10.5. The SMILES string of the molecule is CC(C)(C)OC(=O)N[C@@H](Cc1c[nH]c2ccccc12)C(=O)N(C(=O)/C=C/c1ccc(O)cc1)[C@@H](Cc1ccccc1)C(=O)CN. The Balaban J connectivity index is 1.77. The number of Topliss-reactive ketones (excluding diaryl/α,β-unsaturated/α-hetero) is 1. The molecule has 3 aromatic carbocycles. The Labute approximate surface area is 261 Å². The number of carbonyl (C=O) groups excluding carboxylic acids is 4. The van der Waals surface area contributed by atoms with E-state index in [1.165, 1.54) is 24.3 Å². The fraction of sp³-hybridized carbons (Fsp3) is 0.257. The third-order valence-electron chi connectivity index (χ3n) is 7.03. The molecule has 5 N–H and O–H groups in total. The predicted octanol–water partition coefficient (Wildman–Crippen LogP) is 4.52. The molecule has 0 bridgehead atoms. The maximum atomic E-state index is 14.5. The number of nitrogens with zero attached hydrogens (tertiary/aromatic N) is 1. The molecule has 0 aliphatic carbocycles. The van der Waals surface area contributed by atoms with Gasteiger partial charge in [-0.2, -0.15) is 0 Å². The Hall–Kier alpha value is -5.22. The van der Waals surface area contributed by atoms with Crippen molar-refractivity contribution < 1.29 is 29.0 Å². The Morgan fingerprint density at radius 3 is 2.29 bits per heavy atom. The quantitative estimate of drug-likeness (QED) is 0.182. The summed E-state index contributed by atoms with van der Waals surface area (Å²) in [7, 11) is 0. The number of ketones is 1. The second-order valence-electron chi connectivity index (χ2n) is 11.6. The number of imide groups is 1. The molecule has 0 radical (unpaired) electrons. The number of aromatic hydroxyl groups is 1. The standard InChI is InChI=1S/C35H38N4O6/c1-35(2,3)45-34(44)38-29(20-25-22-37-28-12-8-7-11-27(25)28)33(43)39(32(42)18-15-23-13-16-26(40)17-14-23)30(31(41)21-36)19-24-9-5-4-6-10-24/h4-18,22,29-30,37,40H,19-21,36H2,1-3H3,(H,38,44)/b18-15+/t29-,30-/m0/s1. The van der Waals surface area contributed by atoms with E-state index in [1.54, 1.807) is 63.4 Å². The van der Waals surface area contributed by atoms with Gasteiger partial charge in [-0.05, 0) is 61.7 Å². The number of nitrogens with one attached hydrogen (secondary N) is 2. The van der Waals surface area contributed by atoms with E-state index < -0.39 is 47.9 Å². The highest BCUT2D eigenvalue weighted by Gasteiger charge is 2.38. The molecule has 234 valence electrons. The van der Waals surface area contributed by atoms with Gasteiger partial charge in [0.2, 0.25) is 0 Å². The monoisotopic (exact) mass is 610 g/mol. The molecule has 1 aromatic heterocycles. The van der Waals surface area contributed by atoms with Gasteiger partial charge in [0.1, 0.15) is 23.4 Å². The minimum atomic E-state index is -1.28. The number of aromatic nitrogens is 1. The number of ether oxygens (including phenoxy) is 1. The van der Waals surface area contributed by atoms with E-state index in [0.29, 0.717) is 11.1 Å². The van der Waals surface area contributed by atoms with Gasteiger partial charge < -0.3 is 25.9 Å². The summed E-state index contributed by atoms with van der Waals surface area (Å²) in [6.45, 7) is 4.68. The molecular weight excluding hydrogens is 572 g/mol. The molecule has 10 nitrogen and oxygen atoms in total. The minimum absolute atomic E-state index is 0.00240. The van der Waals surface area contributed by atoms with Crippen LogP contribution in [-0.4, -0.2) is 62.9 Å². The van der Waals surface area contributed by atoms with Crippen molar-refractivity contribution in [3.8, 4) is 5.75 Å². The highest BCUT2D eigenvalue weighted by molar-refractivity contribution is 6.08. The summed E-state index contributed by atoms with van der Waals surface area (Å²) in [5.74, 6) is -2.04. The number of carbonyl (C=O) groups is 4. The van der Waals surface area contributed by atoms with E-state index in [1.807, 2.05) is 30.3 Å². The number of hydrogen-bond donors (Lipinski definition) is 4. The number of para-hydroxylation sites is 1. The first-order valence-corrected chi connectivity index (χ1v) is 14.6. The summed E-state index contributed by atoms with van der Waals surface area (Å²) >= 11 is 0. The fourth-order valence-electron chi connectivity index (χ4n) is 4.91. The number of alkyl carbamates (subject to hydrolysis) is 1. The van der Waals surface area contributed by atoms with Gasteiger partial charge in [-0.15, -0.1) is 0 Å². The third kappa shape index (κ3) is 8.90. The van der Waals surface area contributed by atoms with Crippen molar-refractivity contribution in [2.75, 3.05) is 6.54 Å². The van der Waals surface area contributed by atoms with Crippen LogP contribution in [0.5, 0.6) is 5.75 Å². The number of phenols is 1. The zero-order valence-electron chi connectivity index (χ0n) is 25.5. The highest BCUT2D eigenvalue weighted by Crippen LogP contribution is 2.22. The average Bonchev–Trinajstić information content (AvgIpc) is 3.42. The molecule has 45 heavy (non-hydrogen) atoms. The lowest BCUT2D eigenvalue weighted by Crippen LogP contribution is -2.58. The van der Waals surface area contributed by atoms with Crippen LogP contribution < -0.4 is 11.1 Å². The van der Waals surface area contributed by atoms with E-state index >= 15 is 0 Å². The normalized spacial score (nSPS) is 12.9. The van der Waals surface area contributed by atoms with Crippen LogP contribution >= 0.6 is 0 Å². The van der Waals surface area contributed by atoms with Crippen molar-refractivity contribution in [2.24, 2.45) is 5.73 Å². The number of hydrogen-bond acceptors (Lipinski definition) is 7. The molecule has 4 rings (SSSR count). The van der Waals surface area contributed by atoms with Crippen LogP contribution in [0.2, 0.25) is 0 Å². The summed E-state index contributed by atoms with van der Waals surface area (Å²) in [4.78, 5) is 58.9. The highest BCUT2D eigenvalue weighted by atomic mass is 16.6. The first-order valence-electron chi connectivity index (χ1n) is 14.6. The van der Waals surface area contributed by atoms with Crippen LogP contribution in [0.1, 0.15) is 37.5 Å². The van der Waals surface area contributed by atoms with Gasteiger partial charge in [-0.3, -0.25) is 19.3 Å². The zero-order valence-corrected chi connectivity index (χ0v) is 25.5. The largest absolute Gasteiger partial charge is 0.508 e. The number of nitrogens with two attached hydrogens (primary N) is 1. The molecule has 0 spiro atoms. The van der Waals surface area contributed by atoms with Gasteiger partial charge in [0.05, 0.1) is 6.54 Å². The minimum Gasteiger partial charge on any atom is -0.508 e. The van der Waals surface area contributed by atoms with Crippen molar-refractivity contribution in [3.63, 3.8) is 0 Å². The van der Waals surface area contributed by atoms with Gasteiger partial charge in [-0.25, -0.2) is 4.79 Å². The van der Waals surface area contributed by atoms with E-state index in [-0.39, 0.29) is 18.6 Å². The van der Waals surface area contributed by atoms with Crippen LogP contribution in [0.15, 0.2) is 91.1 Å². The van der Waals surface area contributed by atoms with Crippen molar-refractivity contribution in [1.29, 1.82) is 0 Å². The van der Waals surface area contributed by atoms with Crippen LogP contribution in [0.3, 0.4) is 0 Å². The summed E-state index contributed by atoms with van der Waals surface area (Å²) in [5.41, 5.74) is 7.80.